The van der Waals surface area contributed by atoms with Gasteiger partial charge in [-0.2, -0.15) is 0 Å². The van der Waals surface area contributed by atoms with Crippen LogP contribution in [0.25, 0.3) is 16.7 Å². The van der Waals surface area contributed by atoms with Gasteiger partial charge >= 0.3 is 0 Å². The van der Waals surface area contributed by atoms with Gasteiger partial charge in [-0.05, 0) is 36.1 Å². The lowest BCUT2D eigenvalue weighted by molar-refractivity contribution is 0.112. The van der Waals surface area contributed by atoms with Gasteiger partial charge in [-0.15, -0.1) is 11.8 Å². The molecule has 1 aliphatic heterocycles. The predicted octanol–water partition coefficient (Wildman–Crippen LogP) is 3.67. The van der Waals surface area contributed by atoms with Crippen LogP contribution in [-0.4, -0.2) is 17.0 Å². The first-order chi connectivity index (χ1) is 8.78. The molecule has 1 aromatic carbocycles. The normalized spacial score (nSPS) is 15.4. The molecule has 0 amide bonds. The summed E-state index contributed by atoms with van der Waals surface area (Å²) in [6.07, 6.45) is 2.88. The predicted molar refractivity (Wildman–Crippen MR) is 73.6 cm³/mol. The number of fused-ring (bicyclic) bond motifs is 1. The molecule has 0 unspecified atom stereocenters. The van der Waals surface area contributed by atoms with Gasteiger partial charge in [0.05, 0.1) is 0 Å². The lowest BCUT2D eigenvalue weighted by atomic mass is 10.1. The lowest BCUT2D eigenvalue weighted by Gasteiger charge is -2.08. The van der Waals surface area contributed by atoms with E-state index in [1.165, 1.54) is 5.57 Å². The minimum absolute atomic E-state index is 0.605. The van der Waals surface area contributed by atoms with E-state index in [4.69, 9.17) is 4.42 Å². The minimum Gasteiger partial charge on any atom is -0.436 e. The van der Waals surface area contributed by atoms with E-state index in [0.29, 0.717) is 17.0 Å². The Kier molecular flexibility index (Phi) is 2.80. The highest BCUT2D eigenvalue weighted by molar-refractivity contribution is 8.02. The zero-order valence-corrected chi connectivity index (χ0v) is 10.7. The zero-order chi connectivity index (χ0) is 12.5. The summed E-state index contributed by atoms with van der Waals surface area (Å²) in [6, 6.07) is 5.28. The highest BCUT2D eigenvalue weighted by atomic mass is 32.2. The van der Waals surface area contributed by atoms with Gasteiger partial charge in [-0.3, -0.25) is 4.79 Å². The second kappa shape index (κ2) is 4.46. The second-order valence-corrected chi connectivity index (χ2v) is 5.03. The van der Waals surface area contributed by atoms with Crippen LogP contribution < -0.4 is 0 Å². The first-order valence-corrected chi connectivity index (χ1v) is 6.67. The maximum atomic E-state index is 10.7. The van der Waals surface area contributed by atoms with E-state index in [2.05, 4.69) is 23.4 Å². The van der Waals surface area contributed by atoms with Crippen molar-refractivity contribution in [1.82, 2.24) is 4.98 Å². The van der Waals surface area contributed by atoms with Crippen molar-refractivity contribution in [2.75, 3.05) is 5.75 Å². The highest BCUT2D eigenvalue weighted by Gasteiger charge is 2.14. The van der Waals surface area contributed by atoms with Gasteiger partial charge in [-0.25, -0.2) is 4.98 Å². The third-order valence-corrected chi connectivity index (χ3v) is 3.71. The Bertz CT molecular complexity index is 682. The molecular formula is C14H11NO2S. The van der Waals surface area contributed by atoms with Gasteiger partial charge in [0.1, 0.15) is 11.8 Å². The number of carbonyl (C=O) groups excluding carboxylic acids is 1. The summed E-state index contributed by atoms with van der Waals surface area (Å²) in [4.78, 5) is 15.2. The van der Waals surface area contributed by atoms with E-state index in [1.54, 1.807) is 23.9 Å². The van der Waals surface area contributed by atoms with Gasteiger partial charge in [-0.1, -0.05) is 6.08 Å². The Morgan fingerprint density at radius 3 is 3.11 bits per heavy atom. The number of nitrogens with zero attached hydrogens (tertiary/aromatic N) is 1. The van der Waals surface area contributed by atoms with Crippen LogP contribution >= 0.6 is 11.8 Å². The van der Waals surface area contributed by atoms with Gasteiger partial charge in [0, 0.05) is 16.9 Å². The quantitative estimate of drug-likeness (QED) is 0.770. The number of hydrogen-bond acceptors (Lipinski definition) is 4. The largest absolute Gasteiger partial charge is 0.436 e. The van der Waals surface area contributed by atoms with Crippen molar-refractivity contribution in [3.63, 3.8) is 0 Å². The van der Waals surface area contributed by atoms with Crippen molar-refractivity contribution < 1.29 is 9.21 Å². The Morgan fingerprint density at radius 2 is 2.33 bits per heavy atom. The highest BCUT2D eigenvalue weighted by Crippen LogP contribution is 2.30. The molecule has 0 spiro atoms. The summed E-state index contributed by atoms with van der Waals surface area (Å²) in [5.74, 6) is 1.53. The van der Waals surface area contributed by atoms with E-state index in [9.17, 15) is 4.79 Å². The van der Waals surface area contributed by atoms with E-state index in [0.717, 1.165) is 23.1 Å². The maximum absolute atomic E-state index is 10.7. The first kappa shape index (κ1) is 11.3. The SMILES string of the molecule is CC1=C(c2nc3ccc(C=O)cc3o2)CSC=C1. The molecule has 0 radical (unpaired) electrons. The average molecular weight is 257 g/mol. The van der Waals surface area contributed by atoms with Crippen molar-refractivity contribution in [2.24, 2.45) is 0 Å². The summed E-state index contributed by atoms with van der Waals surface area (Å²) in [7, 11) is 0. The van der Waals surface area contributed by atoms with Gasteiger partial charge in [0.15, 0.2) is 5.58 Å². The fourth-order valence-corrected chi connectivity index (χ4v) is 2.78. The fraction of sp³-hybridized carbons (Fsp3) is 0.143. The lowest BCUT2D eigenvalue weighted by Crippen LogP contribution is -1.94. The smallest absolute Gasteiger partial charge is 0.224 e. The Hall–Kier alpha value is -1.81. The van der Waals surface area contributed by atoms with E-state index >= 15 is 0 Å². The van der Waals surface area contributed by atoms with Crippen LogP contribution in [0.3, 0.4) is 0 Å². The molecule has 0 saturated heterocycles. The number of thioether (sulfide) groups is 1. The van der Waals surface area contributed by atoms with Crippen molar-refractivity contribution in [2.45, 2.75) is 6.92 Å². The van der Waals surface area contributed by atoms with E-state index in [-0.39, 0.29) is 0 Å². The third kappa shape index (κ3) is 1.88. The molecule has 0 aliphatic carbocycles. The first-order valence-electron chi connectivity index (χ1n) is 5.62. The molecular weight excluding hydrogens is 246 g/mol. The van der Waals surface area contributed by atoms with Crippen molar-refractivity contribution in [3.05, 3.63) is 46.7 Å². The van der Waals surface area contributed by atoms with Crippen molar-refractivity contribution in [3.8, 4) is 0 Å². The van der Waals surface area contributed by atoms with Crippen LogP contribution in [0.5, 0.6) is 0 Å². The Balaban J connectivity index is 2.13. The van der Waals surface area contributed by atoms with Crippen LogP contribution in [0.1, 0.15) is 23.2 Å². The number of benzene rings is 1. The molecule has 2 heterocycles. The molecule has 3 rings (SSSR count). The molecule has 0 fully saturated rings. The van der Waals surface area contributed by atoms with Gasteiger partial charge in [0.25, 0.3) is 0 Å². The molecule has 0 N–H and O–H groups in total. The molecule has 18 heavy (non-hydrogen) atoms. The summed E-state index contributed by atoms with van der Waals surface area (Å²) < 4.78 is 5.75. The van der Waals surface area contributed by atoms with Gasteiger partial charge in [0.2, 0.25) is 5.89 Å². The number of carbonyl (C=O) groups is 1. The summed E-state index contributed by atoms with van der Waals surface area (Å²) in [5.41, 5.74) is 4.35. The minimum atomic E-state index is 0.605. The molecule has 2 aromatic rings. The van der Waals surface area contributed by atoms with Crippen LogP contribution in [0, 0.1) is 0 Å². The Morgan fingerprint density at radius 1 is 1.44 bits per heavy atom. The van der Waals surface area contributed by atoms with Crippen molar-refractivity contribution >= 4 is 34.7 Å². The summed E-state index contributed by atoms with van der Waals surface area (Å²) in [6.45, 7) is 2.05. The fourth-order valence-electron chi connectivity index (χ4n) is 1.87. The monoisotopic (exact) mass is 257 g/mol. The average Bonchev–Trinajstić information content (AvgIpc) is 2.81. The zero-order valence-electron chi connectivity index (χ0n) is 9.84. The van der Waals surface area contributed by atoms with Crippen molar-refractivity contribution in [1.29, 1.82) is 0 Å². The Labute approximate surface area is 109 Å². The standard InChI is InChI=1S/C14H11NO2S/c1-9-4-5-18-8-11(9)14-15-12-3-2-10(7-16)6-13(12)17-14/h2-7H,8H2,1H3. The summed E-state index contributed by atoms with van der Waals surface area (Å²) >= 11 is 1.72. The molecule has 0 bridgehead atoms. The molecule has 4 heteroatoms. The number of hydrogen-bond donors (Lipinski definition) is 0. The third-order valence-electron chi connectivity index (χ3n) is 2.92. The molecule has 90 valence electrons. The van der Waals surface area contributed by atoms with E-state index < -0.39 is 0 Å². The molecule has 0 atom stereocenters. The number of oxazole rings is 1. The van der Waals surface area contributed by atoms with Gasteiger partial charge < -0.3 is 4.42 Å². The number of aromatic nitrogens is 1. The number of aldehydes is 1. The molecule has 1 aliphatic rings. The van der Waals surface area contributed by atoms with Crippen LogP contribution in [0.2, 0.25) is 0 Å². The molecule has 3 nitrogen and oxygen atoms in total. The topological polar surface area (TPSA) is 43.1 Å². The van der Waals surface area contributed by atoms with E-state index in [1.807, 2.05) is 6.07 Å². The number of allylic oxidation sites excluding steroid dienone is 2. The van der Waals surface area contributed by atoms with Crippen LogP contribution in [-0.2, 0) is 0 Å². The number of rotatable bonds is 2. The summed E-state index contributed by atoms with van der Waals surface area (Å²) in [5, 5.41) is 2.08. The molecule has 1 aromatic heterocycles. The molecule has 0 saturated carbocycles. The van der Waals surface area contributed by atoms with Crippen LogP contribution in [0.15, 0.2) is 39.7 Å². The van der Waals surface area contributed by atoms with Crippen LogP contribution in [0.4, 0.5) is 0 Å². The maximum Gasteiger partial charge on any atom is 0.224 e. The second-order valence-electron chi connectivity index (χ2n) is 4.14.